The number of aryl methyl sites for hydroxylation is 1. The molecular formula is C22H34N6O2S. The summed E-state index contributed by atoms with van der Waals surface area (Å²) in [7, 11) is 2.22. The van der Waals surface area contributed by atoms with Crippen molar-refractivity contribution in [2.24, 2.45) is 5.92 Å². The van der Waals surface area contributed by atoms with Crippen LogP contribution >= 0.6 is 11.3 Å². The van der Waals surface area contributed by atoms with E-state index < -0.39 is 0 Å². The summed E-state index contributed by atoms with van der Waals surface area (Å²) < 4.78 is 1.36. The molecule has 170 valence electrons. The van der Waals surface area contributed by atoms with Crippen LogP contribution in [0.1, 0.15) is 57.1 Å². The number of carbonyl (C=O) groups is 1. The van der Waals surface area contributed by atoms with Crippen LogP contribution < -0.4 is 15.8 Å². The van der Waals surface area contributed by atoms with E-state index in [0.717, 1.165) is 50.1 Å². The monoisotopic (exact) mass is 446 g/mol. The molecule has 0 spiro atoms. The number of nitrogens with zero attached hydrogens (tertiary/aromatic N) is 5. The molecule has 2 fully saturated rings. The molecule has 0 bridgehead atoms. The van der Waals surface area contributed by atoms with Crippen LogP contribution in [0.15, 0.2) is 10.9 Å². The number of hydrogen-bond acceptors (Lipinski definition) is 7. The lowest BCUT2D eigenvalue weighted by molar-refractivity contribution is -0.125. The van der Waals surface area contributed by atoms with Crippen molar-refractivity contribution < 1.29 is 4.79 Å². The van der Waals surface area contributed by atoms with Crippen LogP contribution in [0.25, 0.3) is 4.96 Å². The zero-order valence-electron chi connectivity index (χ0n) is 18.7. The molecular weight excluding hydrogens is 412 g/mol. The number of rotatable bonds is 7. The summed E-state index contributed by atoms with van der Waals surface area (Å²) >= 11 is 1.41. The first-order chi connectivity index (χ1) is 15.0. The molecule has 1 saturated carbocycles. The molecule has 1 aliphatic carbocycles. The zero-order valence-corrected chi connectivity index (χ0v) is 19.5. The number of hydrogen-bond donors (Lipinski definition) is 1. The zero-order chi connectivity index (χ0) is 21.8. The first kappa shape index (κ1) is 22.2. The average molecular weight is 447 g/mol. The summed E-state index contributed by atoms with van der Waals surface area (Å²) in [5, 5.41) is 8.37. The van der Waals surface area contributed by atoms with Crippen molar-refractivity contribution in [1.29, 1.82) is 0 Å². The van der Waals surface area contributed by atoms with Crippen LogP contribution in [0.4, 0.5) is 5.13 Å². The van der Waals surface area contributed by atoms with Crippen molar-refractivity contribution >= 4 is 27.3 Å². The fraction of sp³-hybridized carbons (Fsp3) is 0.727. The van der Waals surface area contributed by atoms with Crippen LogP contribution in [0.3, 0.4) is 0 Å². The lowest BCUT2D eigenvalue weighted by Gasteiger charge is -2.32. The van der Waals surface area contributed by atoms with Gasteiger partial charge in [0.15, 0.2) is 0 Å². The Kier molecular flexibility index (Phi) is 7.22. The SMILES string of the molecule is Cc1cc(=O)n2nc(N3CCC[C@H](C(=O)NCCCN(C)C4CCCCC4)C3)sc2n1. The highest BCUT2D eigenvalue weighted by molar-refractivity contribution is 7.20. The minimum atomic E-state index is -0.158. The van der Waals surface area contributed by atoms with E-state index in [1.54, 1.807) is 0 Å². The molecule has 2 aliphatic rings. The van der Waals surface area contributed by atoms with Gasteiger partial charge in [0.2, 0.25) is 16.0 Å². The van der Waals surface area contributed by atoms with E-state index in [1.165, 1.54) is 54.0 Å². The number of anilines is 1. The lowest BCUT2D eigenvalue weighted by Crippen LogP contribution is -2.44. The second kappa shape index (κ2) is 10.1. The van der Waals surface area contributed by atoms with Crippen LogP contribution in [0, 0.1) is 12.8 Å². The second-order valence-electron chi connectivity index (χ2n) is 9.02. The Bertz CT molecular complexity index is 951. The molecule has 2 aromatic heterocycles. The number of amides is 1. The maximum absolute atomic E-state index is 12.8. The summed E-state index contributed by atoms with van der Waals surface area (Å²) in [4.78, 5) is 34.5. The maximum atomic E-state index is 12.8. The van der Waals surface area contributed by atoms with Crippen molar-refractivity contribution in [3.63, 3.8) is 0 Å². The van der Waals surface area contributed by atoms with Crippen LogP contribution in [-0.2, 0) is 4.79 Å². The van der Waals surface area contributed by atoms with Gasteiger partial charge in [0.25, 0.3) is 5.56 Å². The van der Waals surface area contributed by atoms with Crippen LogP contribution in [0.5, 0.6) is 0 Å². The molecule has 8 nitrogen and oxygen atoms in total. The molecule has 1 aliphatic heterocycles. The Hall–Kier alpha value is -2.00. The molecule has 1 saturated heterocycles. The van der Waals surface area contributed by atoms with Crippen LogP contribution in [0.2, 0.25) is 0 Å². The van der Waals surface area contributed by atoms with Crippen molar-refractivity contribution in [3.05, 3.63) is 22.1 Å². The standard InChI is InChI=1S/C22H34N6O2S/c1-16-14-19(29)28-21(24-16)31-22(25-28)27-13-6-8-17(15-27)20(30)23-11-7-12-26(2)18-9-4-3-5-10-18/h14,17-18H,3-13,15H2,1-2H3,(H,23,30)/t17-/m0/s1. The van der Waals surface area contributed by atoms with Crippen molar-refractivity contribution in [2.75, 3.05) is 38.1 Å². The number of fused-ring (bicyclic) bond motifs is 1. The van der Waals surface area contributed by atoms with Crippen molar-refractivity contribution in [2.45, 2.75) is 64.3 Å². The van der Waals surface area contributed by atoms with E-state index in [4.69, 9.17) is 0 Å². The molecule has 3 heterocycles. The van der Waals surface area contributed by atoms with E-state index in [0.29, 0.717) is 17.2 Å². The highest BCUT2D eigenvalue weighted by Crippen LogP contribution is 2.27. The summed E-state index contributed by atoms with van der Waals surface area (Å²) in [6.45, 7) is 5.07. The maximum Gasteiger partial charge on any atom is 0.275 e. The summed E-state index contributed by atoms with van der Waals surface area (Å²) in [5.41, 5.74) is 0.541. The Labute approximate surface area is 187 Å². The van der Waals surface area contributed by atoms with Gasteiger partial charge in [-0.1, -0.05) is 30.6 Å². The Morgan fingerprint density at radius 2 is 2.06 bits per heavy atom. The molecule has 9 heteroatoms. The number of nitrogens with one attached hydrogen (secondary N) is 1. The normalized spacial score (nSPS) is 20.5. The Morgan fingerprint density at radius 1 is 1.26 bits per heavy atom. The van der Waals surface area contributed by atoms with E-state index in [1.807, 2.05) is 6.92 Å². The fourth-order valence-corrected chi connectivity index (χ4v) is 5.78. The van der Waals surface area contributed by atoms with Gasteiger partial charge in [0.1, 0.15) is 0 Å². The van der Waals surface area contributed by atoms with Crippen LogP contribution in [-0.4, -0.2) is 64.7 Å². The third kappa shape index (κ3) is 5.44. The smallest absolute Gasteiger partial charge is 0.275 e. The first-order valence-corrected chi connectivity index (χ1v) is 12.4. The molecule has 1 atom stereocenters. The first-order valence-electron chi connectivity index (χ1n) is 11.6. The highest BCUT2D eigenvalue weighted by atomic mass is 32.1. The van der Waals surface area contributed by atoms with E-state index >= 15 is 0 Å². The molecule has 1 N–H and O–H groups in total. The minimum absolute atomic E-state index is 0.0387. The third-order valence-electron chi connectivity index (χ3n) is 6.61. The van der Waals surface area contributed by atoms with Gasteiger partial charge in [-0.05, 0) is 52.6 Å². The van der Waals surface area contributed by atoms with E-state index in [-0.39, 0.29) is 17.4 Å². The molecule has 1 amide bonds. The Balaban J connectivity index is 1.27. The largest absolute Gasteiger partial charge is 0.356 e. The Morgan fingerprint density at radius 3 is 2.87 bits per heavy atom. The number of piperidine rings is 1. The van der Waals surface area contributed by atoms with Gasteiger partial charge in [-0.3, -0.25) is 9.59 Å². The number of carbonyl (C=O) groups excluding carboxylic acids is 1. The van der Waals surface area contributed by atoms with Gasteiger partial charge >= 0.3 is 0 Å². The lowest BCUT2D eigenvalue weighted by atomic mass is 9.94. The molecule has 4 rings (SSSR count). The molecule has 0 radical (unpaired) electrons. The predicted octanol–water partition coefficient (Wildman–Crippen LogP) is 2.45. The third-order valence-corrected chi connectivity index (χ3v) is 7.58. The van der Waals surface area contributed by atoms with Gasteiger partial charge in [-0.25, -0.2) is 4.98 Å². The van der Waals surface area contributed by atoms with Gasteiger partial charge in [-0.2, -0.15) is 4.52 Å². The van der Waals surface area contributed by atoms with Gasteiger partial charge in [0.05, 0.1) is 5.92 Å². The van der Waals surface area contributed by atoms with E-state index in [2.05, 4.69) is 32.2 Å². The fourth-order valence-electron chi connectivity index (χ4n) is 4.79. The molecule has 0 unspecified atom stereocenters. The van der Waals surface area contributed by atoms with Gasteiger partial charge < -0.3 is 15.1 Å². The summed E-state index contributed by atoms with van der Waals surface area (Å²) in [5.74, 6) is 0.0977. The van der Waals surface area contributed by atoms with E-state index in [9.17, 15) is 9.59 Å². The molecule has 31 heavy (non-hydrogen) atoms. The quantitative estimate of drug-likeness (QED) is 0.658. The topological polar surface area (TPSA) is 82.8 Å². The van der Waals surface area contributed by atoms with Gasteiger partial charge in [0, 0.05) is 37.4 Å². The van der Waals surface area contributed by atoms with Gasteiger partial charge in [-0.15, -0.1) is 5.10 Å². The summed E-state index contributed by atoms with van der Waals surface area (Å²) in [6.07, 6.45) is 9.53. The molecule has 2 aromatic rings. The molecule has 0 aromatic carbocycles. The minimum Gasteiger partial charge on any atom is -0.356 e. The number of aromatic nitrogens is 3. The highest BCUT2D eigenvalue weighted by Gasteiger charge is 2.28. The average Bonchev–Trinajstić information content (AvgIpc) is 3.21. The second-order valence-corrected chi connectivity index (χ2v) is 9.95. The van der Waals surface area contributed by atoms with Crippen molar-refractivity contribution in [1.82, 2.24) is 24.8 Å². The predicted molar refractivity (Wildman–Crippen MR) is 124 cm³/mol. The van der Waals surface area contributed by atoms with Crippen molar-refractivity contribution in [3.8, 4) is 0 Å². The summed E-state index contributed by atoms with van der Waals surface area (Å²) in [6, 6.07) is 2.21.